The predicted octanol–water partition coefficient (Wildman–Crippen LogP) is 3.79. The number of halogens is 1. The van der Waals surface area contributed by atoms with E-state index >= 15 is 0 Å². The van der Waals surface area contributed by atoms with E-state index in [9.17, 15) is 0 Å². The minimum atomic E-state index is 0.582. The first-order valence-electron chi connectivity index (χ1n) is 7.56. The molecule has 4 nitrogen and oxygen atoms in total. The summed E-state index contributed by atoms with van der Waals surface area (Å²) in [4.78, 5) is 11.0. The molecule has 0 amide bonds. The smallest absolute Gasteiger partial charge is 0.141 e. The Kier molecular flexibility index (Phi) is 5.28. The van der Waals surface area contributed by atoms with Crippen molar-refractivity contribution in [3.8, 4) is 5.75 Å². The first-order valence-corrected chi connectivity index (χ1v) is 8.82. The fourth-order valence-electron chi connectivity index (χ4n) is 2.71. The number of likely N-dealkylation sites (tertiary alicyclic amines) is 1. The quantitative estimate of drug-likeness (QED) is 0.832. The zero-order chi connectivity index (χ0) is 15.4. The van der Waals surface area contributed by atoms with Crippen LogP contribution in [0, 0.1) is 12.8 Å². The van der Waals surface area contributed by atoms with Crippen LogP contribution < -0.4 is 4.74 Å². The van der Waals surface area contributed by atoms with Crippen LogP contribution in [0.2, 0.25) is 5.02 Å². The third-order valence-electron chi connectivity index (χ3n) is 3.97. The summed E-state index contributed by atoms with van der Waals surface area (Å²) < 4.78 is 5.83. The second-order valence-corrected chi connectivity index (χ2v) is 7.16. The zero-order valence-corrected chi connectivity index (χ0v) is 14.2. The van der Waals surface area contributed by atoms with Crippen molar-refractivity contribution in [3.63, 3.8) is 0 Å². The van der Waals surface area contributed by atoms with Crippen molar-refractivity contribution in [1.82, 2.24) is 14.9 Å². The molecule has 0 N–H and O–H groups in total. The van der Waals surface area contributed by atoms with E-state index in [1.807, 2.05) is 6.07 Å². The largest absolute Gasteiger partial charge is 0.492 e. The molecule has 22 heavy (non-hydrogen) atoms. The molecule has 2 aromatic rings. The standard InChI is InChI=1S/C16H20ClN3OS/c1-12-19-14(11-22-12)9-20-6-3-13(4-7-20)10-21-16-2-5-18-8-15(16)17/h2,5,8,11,13H,3-4,6-7,9-10H2,1H3. The van der Waals surface area contributed by atoms with E-state index < -0.39 is 0 Å². The maximum absolute atomic E-state index is 6.06. The number of rotatable bonds is 5. The van der Waals surface area contributed by atoms with E-state index in [-0.39, 0.29) is 0 Å². The molecule has 0 unspecified atom stereocenters. The highest BCUT2D eigenvalue weighted by molar-refractivity contribution is 7.09. The van der Waals surface area contributed by atoms with E-state index in [1.54, 1.807) is 23.7 Å². The fourth-order valence-corrected chi connectivity index (χ4v) is 3.49. The van der Waals surface area contributed by atoms with Crippen LogP contribution in [0.3, 0.4) is 0 Å². The predicted molar refractivity (Wildman–Crippen MR) is 89.6 cm³/mol. The minimum Gasteiger partial charge on any atom is -0.492 e. The Bertz CT molecular complexity index is 611. The number of piperidine rings is 1. The molecule has 0 saturated carbocycles. The molecule has 1 aliphatic rings. The number of nitrogens with zero attached hydrogens (tertiary/aromatic N) is 3. The topological polar surface area (TPSA) is 38.2 Å². The molecule has 3 heterocycles. The molecule has 0 aliphatic carbocycles. The van der Waals surface area contributed by atoms with Gasteiger partial charge in [-0.25, -0.2) is 4.98 Å². The summed E-state index contributed by atoms with van der Waals surface area (Å²) in [6.07, 6.45) is 5.65. The highest BCUT2D eigenvalue weighted by atomic mass is 35.5. The number of hydrogen-bond acceptors (Lipinski definition) is 5. The van der Waals surface area contributed by atoms with Gasteiger partial charge in [-0.2, -0.15) is 0 Å². The van der Waals surface area contributed by atoms with Gasteiger partial charge in [0, 0.05) is 30.4 Å². The van der Waals surface area contributed by atoms with Crippen molar-refractivity contribution >= 4 is 22.9 Å². The molecule has 1 aliphatic heterocycles. The maximum Gasteiger partial charge on any atom is 0.141 e. The molecule has 0 aromatic carbocycles. The summed E-state index contributed by atoms with van der Waals surface area (Å²) in [6, 6.07) is 1.82. The van der Waals surface area contributed by atoms with Gasteiger partial charge < -0.3 is 4.74 Å². The molecule has 118 valence electrons. The lowest BCUT2D eigenvalue weighted by atomic mass is 9.98. The lowest BCUT2D eigenvalue weighted by Crippen LogP contribution is -2.35. The Morgan fingerprint density at radius 2 is 2.23 bits per heavy atom. The summed E-state index contributed by atoms with van der Waals surface area (Å²) in [6.45, 7) is 5.97. The summed E-state index contributed by atoms with van der Waals surface area (Å²) in [5.41, 5.74) is 1.20. The molecule has 2 aromatic heterocycles. The van der Waals surface area contributed by atoms with Gasteiger partial charge in [-0.15, -0.1) is 11.3 Å². The Hall–Kier alpha value is -1.17. The van der Waals surface area contributed by atoms with E-state index in [0.29, 0.717) is 10.9 Å². The van der Waals surface area contributed by atoms with Crippen molar-refractivity contribution in [2.45, 2.75) is 26.3 Å². The van der Waals surface area contributed by atoms with Crippen molar-refractivity contribution in [1.29, 1.82) is 0 Å². The molecular weight excluding hydrogens is 318 g/mol. The van der Waals surface area contributed by atoms with Gasteiger partial charge in [0.05, 0.1) is 17.3 Å². The van der Waals surface area contributed by atoms with Crippen molar-refractivity contribution < 1.29 is 4.74 Å². The number of hydrogen-bond donors (Lipinski definition) is 0. The summed E-state index contributed by atoms with van der Waals surface area (Å²) in [7, 11) is 0. The van der Waals surface area contributed by atoms with Crippen LogP contribution in [-0.2, 0) is 6.54 Å². The number of pyridine rings is 1. The lowest BCUT2D eigenvalue weighted by Gasteiger charge is -2.31. The first-order chi connectivity index (χ1) is 10.7. The second kappa shape index (κ2) is 7.40. The molecule has 0 spiro atoms. The molecular formula is C16H20ClN3OS. The van der Waals surface area contributed by atoms with Crippen LogP contribution in [0.4, 0.5) is 0 Å². The highest BCUT2D eigenvalue weighted by Crippen LogP contribution is 2.25. The van der Waals surface area contributed by atoms with E-state index in [2.05, 4.69) is 27.2 Å². The summed E-state index contributed by atoms with van der Waals surface area (Å²) >= 11 is 7.78. The Morgan fingerprint density at radius 3 is 2.91 bits per heavy atom. The lowest BCUT2D eigenvalue weighted by molar-refractivity contribution is 0.136. The van der Waals surface area contributed by atoms with Crippen LogP contribution in [0.15, 0.2) is 23.8 Å². The van der Waals surface area contributed by atoms with Gasteiger partial charge >= 0.3 is 0 Å². The normalized spacial score (nSPS) is 16.8. The number of aromatic nitrogens is 2. The molecule has 0 bridgehead atoms. The molecule has 0 radical (unpaired) electrons. The van der Waals surface area contributed by atoms with Crippen molar-refractivity contribution in [2.75, 3.05) is 19.7 Å². The van der Waals surface area contributed by atoms with Crippen molar-refractivity contribution in [3.05, 3.63) is 39.6 Å². The maximum atomic E-state index is 6.06. The SMILES string of the molecule is Cc1nc(CN2CCC(COc3ccncc3Cl)CC2)cs1. The van der Waals surface area contributed by atoms with Gasteiger partial charge in [0.15, 0.2) is 0 Å². The second-order valence-electron chi connectivity index (χ2n) is 5.69. The van der Waals surface area contributed by atoms with E-state index in [0.717, 1.165) is 49.8 Å². The molecule has 0 atom stereocenters. The van der Waals surface area contributed by atoms with Gasteiger partial charge in [-0.05, 0) is 38.8 Å². The van der Waals surface area contributed by atoms with Gasteiger partial charge in [0.1, 0.15) is 10.8 Å². The number of aryl methyl sites for hydroxylation is 1. The third-order valence-corrected chi connectivity index (χ3v) is 5.08. The molecule has 1 saturated heterocycles. The van der Waals surface area contributed by atoms with Crippen LogP contribution >= 0.6 is 22.9 Å². The van der Waals surface area contributed by atoms with E-state index in [4.69, 9.17) is 16.3 Å². The van der Waals surface area contributed by atoms with Gasteiger partial charge in [-0.1, -0.05) is 11.6 Å². The Morgan fingerprint density at radius 1 is 1.41 bits per heavy atom. The number of thiazole rings is 1. The molecule has 6 heteroatoms. The van der Waals surface area contributed by atoms with Crippen LogP contribution in [0.25, 0.3) is 0 Å². The van der Waals surface area contributed by atoms with Crippen LogP contribution in [0.1, 0.15) is 23.5 Å². The average Bonchev–Trinajstić information content (AvgIpc) is 2.93. The molecule has 3 rings (SSSR count). The minimum absolute atomic E-state index is 0.582. The zero-order valence-electron chi connectivity index (χ0n) is 12.7. The van der Waals surface area contributed by atoms with Gasteiger partial charge in [-0.3, -0.25) is 9.88 Å². The Balaban J connectivity index is 1.43. The third kappa shape index (κ3) is 4.18. The van der Waals surface area contributed by atoms with Gasteiger partial charge in [0.25, 0.3) is 0 Å². The van der Waals surface area contributed by atoms with Crippen LogP contribution in [-0.4, -0.2) is 34.6 Å². The first kappa shape index (κ1) is 15.7. The van der Waals surface area contributed by atoms with Crippen molar-refractivity contribution in [2.24, 2.45) is 5.92 Å². The summed E-state index contributed by atoms with van der Waals surface area (Å²) in [5, 5.41) is 3.89. The van der Waals surface area contributed by atoms with Gasteiger partial charge in [0.2, 0.25) is 0 Å². The molecule has 1 fully saturated rings. The van der Waals surface area contributed by atoms with E-state index in [1.165, 1.54) is 5.69 Å². The monoisotopic (exact) mass is 337 g/mol. The Labute approximate surface area is 140 Å². The summed E-state index contributed by atoms with van der Waals surface area (Å²) in [5.74, 6) is 1.33. The highest BCUT2D eigenvalue weighted by Gasteiger charge is 2.20. The number of ether oxygens (including phenoxy) is 1. The average molecular weight is 338 g/mol. The van der Waals surface area contributed by atoms with Crippen LogP contribution in [0.5, 0.6) is 5.75 Å². The fraction of sp³-hybridized carbons (Fsp3) is 0.500.